The molecule has 1 atom stereocenters. The first-order chi connectivity index (χ1) is 7.01. The van der Waals surface area contributed by atoms with Crippen molar-refractivity contribution in [2.24, 2.45) is 11.1 Å². The SMILES string of the molecule is CC(C)(C)CNC(=O)C(N)CCS(C)(=O)=O. The summed E-state index contributed by atoms with van der Waals surface area (Å²) < 4.78 is 21.8. The molecule has 0 rings (SSSR count). The van der Waals surface area contributed by atoms with Crippen molar-refractivity contribution in [1.82, 2.24) is 5.32 Å². The van der Waals surface area contributed by atoms with Gasteiger partial charge in [-0.2, -0.15) is 0 Å². The second kappa shape index (κ2) is 5.63. The van der Waals surface area contributed by atoms with Crippen LogP contribution in [0.4, 0.5) is 0 Å². The first-order valence-electron chi connectivity index (χ1n) is 5.22. The van der Waals surface area contributed by atoms with Gasteiger partial charge in [-0.25, -0.2) is 8.42 Å². The molecule has 5 nitrogen and oxygen atoms in total. The molecule has 0 spiro atoms. The molecule has 0 saturated carbocycles. The predicted octanol–water partition coefficient (Wildman–Crippen LogP) is -0.0893. The van der Waals surface area contributed by atoms with Crippen molar-refractivity contribution in [2.75, 3.05) is 18.6 Å². The Balaban J connectivity index is 4.01. The largest absolute Gasteiger partial charge is 0.354 e. The van der Waals surface area contributed by atoms with Crippen LogP contribution in [-0.2, 0) is 14.6 Å². The Hall–Kier alpha value is -0.620. The summed E-state index contributed by atoms with van der Waals surface area (Å²) in [6, 6.07) is -0.753. The van der Waals surface area contributed by atoms with Gasteiger partial charge < -0.3 is 11.1 Å². The Bertz CT molecular complexity index is 330. The van der Waals surface area contributed by atoms with E-state index in [0.717, 1.165) is 6.26 Å². The van der Waals surface area contributed by atoms with E-state index in [1.165, 1.54) is 0 Å². The molecule has 0 fully saturated rings. The molecule has 96 valence electrons. The van der Waals surface area contributed by atoms with Crippen molar-refractivity contribution in [3.63, 3.8) is 0 Å². The highest BCUT2D eigenvalue weighted by molar-refractivity contribution is 7.90. The van der Waals surface area contributed by atoms with Gasteiger partial charge in [0.1, 0.15) is 9.84 Å². The zero-order valence-electron chi connectivity index (χ0n) is 10.4. The van der Waals surface area contributed by atoms with E-state index in [4.69, 9.17) is 5.73 Å². The van der Waals surface area contributed by atoms with Gasteiger partial charge in [0.2, 0.25) is 5.91 Å². The van der Waals surface area contributed by atoms with Crippen molar-refractivity contribution in [1.29, 1.82) is 0 Å². The van der Waals surface area contributed by atoms with E-state index in [1.807, 2.05) is 20.8 Å². The number of carbonyl (C=O) groups excluding carboxylic acids is 1. The van der Waals surface area contributed by atoms with E-state index in [-0.39, 0.29) is 23.5 Å². The topological polar surface area (TPSA) is 89.3 Å². The van der Waals surface area contributed by atoms with Gasteiger partial charge in [0.15, 0.2) is 0 Å². The van der Waals surface area contributed by atoms with Crippen molar-refractivity contribution in [2.45, 2.75) is 33.2 Å². The zero-order chi connectivity index (χ0) is 13.0. The van der Waals surface area contributed by atoms with Crippen LogP contribution in [-0.4, -0.2) is 38.9 Å². The normalized spacial score (nSPS) is 14.6. The molecule has 1 amide bonds. The van der Waals surface area contributed by atoms with Crippen LogP contribution in [0.3, 0.4) is 0 Å². The highest BCUT2D eigenvalue weighted by Crippen LogP contribution is 2.10. The van der Waals surface area contributed by atoms with Gasteiger partial charge in [0.25, 0.3) is 0 Å². The van der Waals surface area contributed by atoms with E-state index in [1.54, 1.807) is 0 Å². The van der Waals surface area contributed by atoms with Crippen molar-refractivity contribution < 1.29 is 13.2 Å². The number of hydrogen-bond donors (Lipinski definition) is 2. The lowest BCUT2D eigenvalue weighted by atomic mass is 9.97. The highest BCUT2D eigenvalue weighted by atomic mass is 32.2. The van der Waals surface area contributed by atoms with Gasteiger partial charge in [-0.05, 0) is 11.8 Å². The summed E-state index contributed by atoms with van der Waals surface area (Å²) in [5.74, 6) is -0.351. The molecule has 16 heavy (non-hydrogen) atoms. The monoisotopic (exact) mass is 250 g/mol. The first-order valence-corrected chi connectivity index (χ1v) is 7.28. The number of hydrogen-bond acceptors (Lipinski definition) is 4. The molecule has 0 radical (unpaired) electrons. The van der Waals surface area contributed by atoms with Gasteiger partial charge in [-0.3, -0.25) is 4.79 Å². The lowest BCUT2D eigenvalue weighted by Gasteiger charge is -2.20. The van der Waals surface area contributed by atoms with Crippen LogP contribution >= 0.6 is 0 Å². The number of sulfone groups is 1. The molecule has 6 heteroatoms. The maximum atomic E-state index is 11.5. The van der Waals surface area contributed by atoms with Crippen LogP contribution < -0.4 is 11.1 Å². The third-order valence-electron chi connectivity index (χ3n) is 1.93. The Morgan fingerprint density at radius 3 is 2.25 bits per heavy atom. The second-order valence-corrected chi connectivity index (χ2v) is 7.56. The van der Waals surface area contributed by atoms with Gasteiger partial charge in [0.05, 0.1) is 11.8 Å². The molecular weight excluding hydrogens is 228 g/mol. The van der Waals surface area contributed by atoms with Crippen LogP contribution in [0.1, 0.15) is 27.2 Å². The molecule has 0 heterocycles. The third kappa shape index (κ3) is 8.67. The molecule has 0 aliphatic heterocycles. The van der Waals surface area contributed by atoms with Gasteiger partial charge in [-0.1, -0.05) is 20.8 Å². The van der Waals surface area contributed by atoms with Crippen LogP contribution in [0.2, 0.25) is 0 Å². The molecular formula is C10H22N2O3S. The Kier molecular flexibility index (Phi) is 5.41. The molecule has 0 aromatic heterocycles. The van der Waals surface area contributed by atoms with Crippen LogP contribution in [0.25, 0.3) is 0 Å². The van der Waals surface area contributed by atoms with Crippen molar-refractivity contribution in [3.8, 4) is 0 Å². The molecule has 0 saturated heterocycles. The number of amides is 1. The average Bonchev–Trinajstić information content (AvgIpc) is 2.07. The Morgan fingerprint density at radius 2 is 1.88 bits per heavy atom. The lowest BCUT2D eigenvalue weighted by Crippen LogP contribution is -2.44. The number of carbonyl (C=O) groups is 1. The van der Waals surface area contributed by atoms with Crippen LogP contribution in [0.5, 0.6) is 0 Å². The fourth-order valence-electron chi connectivity index (χ4n) is 0.956. The number of rotatable bonds is 5. The second-order valence-electron chi connectivity index (χ2n) is 5.30. The quantitative estimate of drug-likeness (QED) is 0.713. The maximum absolute atomic E-state index is 11.5. The van der Waals surface area contributed by atoms with E-state index < -0.39 is 15.9 Å². The standard InChI is InChI=1S/C10H22N2O3S/c1-10(2,3)7-12-9(13)8(11)5-6-16(4,14)15/h8H,5-7,11H2,1-4H3,(H,12,13). The molecule has 1 unspecified atom stereocenters. The molecule has 0 aliphatic carbocycles. The smallest absolute Gasteiger partial charge is 0.236 e. The fraction of sp³-hybridized carbons (Fsp3) is 0.900. The molecule has 0 aliphatic rings. The van der Waals surface area contributed by atoms with Gasteiger partial charge >= 0.3 is 0 Å². The predicted molar refractivity (Wildman–Crippen MR) is 64.8 cm³/mol. The number of nitrogens with one attached hydrogen (secondary N) is 1. The molecule has 0 bridgehead atoms. The van der Waals surface area contributed by atoms with Crippen molar-refractivity contribution >= 4 is 15.7 Å². The Labute approximate surface area is 97.7 Å². The summed E-state index contributed by atoms with van der Waals surface area (Å²) in [5, 5.41) is 2.70. The van der Waals surface area contributed by atoms with Crippen molar-refractivity contribution in [3.05, 3.63) is 0 Å². The molecule has 3 N–H and O–H groups in total. The number of nitrogens with two attached hydrogens (primary N) is 1. The minimum atomic E-state index is -3.06. The highest BCUT2D eigenvalue weighted by Gasteiger charge is 2.18. The fourth-order valence-corrected chi connectivity index (χ4v) is 1.64. The third-order valence-corrected chi connectivity index (χ3v) is 2.91. The van der Waals surface area contributed by atoms with E-state index in [9.17, 15) is 13.2 Å². The summed E-state index contributed by atoms with van der Waals surface area (Å²) in [7, 11) is -3.06. The summed E-state index contributed by atoms with van der Waals surface area (Å²) in [6.45, 7) is 6.51. The van der Waals surface area contributed by atoms with Crippen LogP contribution in [0.15, 0.2) is 0 Å². The maximum Gasteiger partial charge on any atom is 0.236 e. The lowest BCUT2D eigenvalue weighted by molar-refractivity contribution is -0.122. The van der Waals surface area contributed by atoms with Gasteiger partial charge in [0, 0.05) is 12.8 Å². The average molecular weight is 250 g/mol. The minimum Gasteiger partial charge on any atom is -0.354 e. The summed E-state index contributed by atoms with van der Waals surface area (Å²) in [4.78, 5) is 11.5. The van der Waals surface area contributed by atoms with E-state index >= 15 is 0 Å². The van der Waals surface area contributed by atoms with E-state index in [0.29, 0.717) is 6.54 Å². The minimum absolute atomic E-state index is 0.00773. The van der Waals surface area contributed by atoms with Crippen LogP contribution in [0, 0.1) is 5.41 Å². The first kappa shape index (κ1) is 15.4. The summed E-state index contributed by atoms with van der Waals surface area (Å²) in [6.07, 6.45) is 1.29. The zero-order valence-corrected chi connectivity index (χ0v) is 11.2. The molecule has 0 aromatic rings. The van der Waals surface area contributed by atoms with E-state index in [2.05, 4.69) is 5.32 Å². The van der Waals surface area contributed by atoms with Gasteiger partial charge in [-0.15, -0.1) is 0 Å². The summed E-state index contributed by atoms with van der Waals surface area (Å²) >= 11 is 0. The molecule has 0 aromatic carbocycles. The Morgan fingerprint density at radius 1 is 1.38 bits per heavy atom. The summed E-state index contributed by atoms with van der Waals surface area (Å²) in [5.41, 5.74) is 5.57.